The second-order valence-corrected chi connectivity index (χ2v) is 4.92. The summed E-state index contributed by atoms with van der Waals surface area (Å²) >= 11 is 0. The van der Waals surface area contributed by atoms with Gasteiger partial charge in [-0.05, 0) is 30.0 Å². The van der Waals surface area contributed by atoms with Crippen molar-refractivity contribution in [2.75, 3.05) is 22.9 Å². The Morgan fingerprint density at radius 1 is 1.41 bits per heavy atom. The van der Waals surface area contributed by atoms with Crippen LogP contribution in [-0.4, -0.2) is 12.5 Å². The minimum absolute atomic E-state index is 0.0806. The highest BCUT2D eigenvalue weighted by atomic mass is 16.1. The number of nitrogens with two attached hydrogens (primary N) is 1. The molecule has 4 heteroatoms. The second kappa shape index (κ2) is 4.65. The summed E-state index contributed by atoms with van der Waals surface area (Å²) in [6.45, 7) is 5.16. The van der Waals surface area contributed by atoms with Gasteiger partial charge in [0.1, 0.15) is 0 Å². The number of hydrogen-bond acceptors (Lipinski definition) is 3. The Bertz CT molecular complexity index is 441. The molecule has 0 radical (unpaired) electrons. The molecule has 0 unspecified atom stereocenters. The van der Waals surface area contributed by atoms with Gasteiger partial charge in [-0.1, -0.05) is 13.8 Å². The summed E-state index contributed by atoms with van der Waals surface area (Å²) in [6.07, 6.45) is 1.32. The monoisotopic (exact) mass is 233 g/mol. The third kappa shape index (κ3) is 2.70. The molecule has 0 spiro atoms. The minimum Gasteiger partial charge on any atom is -0.397 e. The SMILES string of the molecule is CC(C)CNc1cc2c(cc1N)CCC(=O)N2. The Hall–Kier alpha value is -1.71. The lowest BCUT2D eigenvalue weighted by Crippen LogP contribution is -2.20. The molecule has 4 nitrogen and oxygen atoms in total. The van der Waals surface area contributed by atoms with Gasteiger partial charge in [0.05, 0.1) is 11.4 Å². The quantitative estimate of drug-likeness (QED) is 0.701. The number of nitrogens with one attached hydrogen (secondary N) is 2. The summed E-state index contributed by atoms with van der Waals surface area (Å²) in [5.41, 5.74) is 9.66. The fourth-order valence-corrected chi connectivity index (χ4v) is 1.91. The van der Waals surface area contributed by atoms with Crippen LogP contribution in [0.4, 0.5) is 17.1 Å². The van der Waals surface area contributed by atoms with Crippen molar-refractivity contribution in [2.24, 2.45) is 5.92 Å². The molecule has 0 saturated heterocycles. The van der Waals surface area contributed by atoms with E-state index in [1.165, 1.54) is 0 Å². The smallest absolute Gasteiger partial charge is 0.224 e. The fraction of sp³-hybridized carbons (Fsp3) is 0.462. The van der Waals surface area contributed by atoms with Crippen LogP contribution in [0.2, 0.25) is 0 Å². The average Bonchev–Trinajstić information content (AvgIpc) is 2.26. The molecule has 1 aromatic rings. The third-order valence-corrected chi connectivity index (χ3v) is 2.87. The van der Waals surface area contributed by atoms with Gasteiger partial charge in [-0.25, -0.2) is 0 Å². The molecule has 1 heterocycles. The molecule has 0 fully saturated rings. The van der Waals surface area contributed by atoms with Crippen LogP contribution < -0.4 is 16.4 Å². The highest BCUT2D eigenvalue weighted by Crippen LogP contribution is 2.31. The Labute approximate surface area is 102 Å². The average molecular weight is 233 g/mol. The van der Waals surface area contributed by atoms with Crippen LogP contribution in [0.1, 0.15) is 25.8 Å². The molecular formula is C13H19N3O. The zero-order valence-corrected chi connectivity index (χ0v) is 10.3. The number of aryl methyl sites for hydroxylation is 1. The predicted octanol–water partition coefficient (Wildman–Crippen LogP) is 2.22. The van der Waals surface area contributed by atoms with Crippen molar-refractivity contribution >= 4 is 23.0 Å². The van der Waals surface area contributed by atoms with Crippen molar-refractivity contribution in [1.82, 2.24) is 0 Å². The fourth-order valence-electron chi connectivity index (χ4n) is 1.91. The zero-order chi connectivity index (χ0) is 12.4. The van der Waals surface area contributed by atoms with Gasteiger partial charge in [0.25, 0.3) is 0 Å². The summed E-state index contributed by atoms with van der Waals surface area (Å²) in [6, 6.07) is 3.89. The highest BCUT2D eigenvalue weighted by molar-refractivity contribution is 5.95. The topological polar surface area (TPSA) is 67.1 Å². The van der Waals surface area contributed by atoms with E-state index in [4.69, 9.17) is 5.73 Å². The van der Waals surface area contributed by atoms with E-state index < -0.39 is 0 Å². The second-order valence-electron chi connectivity index (χ2n) is 4.92. The number of hydrogen-bond donors (Lipinski definition) is 3. The summed E-state index contributed by atoms with van der Waals surface area (Å²) < 4.78 is 0. The van der Waals surface area contributed by atoms with Gasteiger partial charge in [0.15, 0.2) is 0 Å². The predicted molar refractivity (Wildman–Crippen MR) is 71.1 cm³/mol. The van der Waals surface area contributed by atoms with Crippen LogP contribution in [0, 0.1) is 5.92 Å². The molecule has 4 N–H and O–H groups in total. The van der Waals surface area contributed by atoms with Gasteiger partial charge in [0, 0.05) is 18.7 Å². The number of fused-ring (bicyclic) bond motifs is 1. The van der Waals surface area contributed by atoms with Crippen LogP contribution >= 0.6 is 0 Å². The van der Waals surface area contributed by atoms with E-state index in [-0.39, 0.29) is 5.91 Å². The van der Waals surface area contributed by atoms with Gasteiger partial charge in [-0.15, -0.1) is 0 Å². The standard InChI is InChI=1S/C13H19N3O/c1-8(2)7-15-12-6-11-9(5-10(12)14)3-4-13(17)16-11/h5-6,8,15H,3-4,7,14H2,1-2H3,(H,16,17). The van der Waals surface area contributed by atoms with E-state index in [9.17, 15) is 4.79 Å². The van der Waals surface area contributed by atoms with E-state index in [1.807, 2.05) is 12.1 Å². The molecule has 17 heavy (non-hydrogen) atoms. The molecule has 0 atom stereocenters. The van der Waals surface area contributed by atoms with Crippen molar-refractivity contribution in [1.29, 1.82) is 0 Å². The van der Waals surface area contributed by atoms with Crippen molar-refractivity contribution in [3.63, 3.8) is 0 Å². The van der Waals surface area contributed by atoms with Gasteiger partial charge >= 0.3 is 0 Å². The molecule has 1 aliphatic rings. The zero-order valence-electron chi connectivity index (χ0n) is 10.3. The van der Waals surface area contributed by atoms with Crippen LogP contribution in [0.5, 0.6) is 0 Å². The number of nitrogen functional groups attached to an aromatic ring is 1. The molecule has 0 aliphatic carbocycles. The maximum absolute atomic E-state index is 11.3. The van der Waals surface area contributed by atoms with E-state index in [2.05, 4.69) is 24.5 Å². The van der Waals surface area contributed by atoms with E-state index in [1.54, 1.807) is 0 Å². The number of rotatable bonds is 3. The molecule has 92 valence electrons. The lowest BCUT2D eigenvalue weighted by atomic mass is 10.0. The van der Waals surface area contributed by atoms with E-state index >= 15 is 0 Å². The first-order chi connectivity index (χ1) is 8.06. The van der Waals surface area contributed by atoms with Crippen molar-refractivity contribution in [3.8, 4) is 0 Å². The van der Waals surface area contributed by atoms with Crippen LogP contribution in [0.3, 0.4) is 0 Å². The van der Waals surface area contributed by atoms with Gasteiger partial charge in [-0.3, -0.25) is 4.79 Å². The number of amides is 1. The number of carbonyl (C=O) groups excluding carboxylic acids is 1. The van der Waals surface area contributed by atoms with E-state index in [0.29, 0.717) is 12.3 Å². The third-order valence-electron chi connectivity index (χ3n) is 2.87. The van der Waals surface area contributed by atoms with Gasteiger partial charge in [-0.2, -0.15) is 0 Å². The van der Waals surface area contributed by atoms with Crippen LogP contribution in [0.25, 0.3) is 0 Å². The molecular weight excluding hydrogens is 214 g/mol. The van der Waals surface area contributed by atoms with Gasteiger partial charge < -0.3 is 16.4 Å². The Morgan fingerprint density at radius 2 is 2.18 bits per heavy atom. The van der Waals surface area contributed by atoms with E-state index in [0.717, 1.165) is 35.6 Å². The number of anilines is 3. The van der Waals surface area contributed by atoms with Gasteiger partial charge in [0.2, 0.25) is 5.91 Å². The van der Waals surface area contributed by atoms with Crippen LogP contribution in [-0.2, 0) is 11.2 Å². The largest absolute Gasteiger partial charge is 0.397 e. The molecule has 0 bridgehead atoms. The molecule has 2 rings (SSSR count). The Kier molecular flexibility index (Phi) is 3.22. The summed E-state index contributed by atoms with van der Waals surface area (Å²) in [5, 5.41) is 6.18. The molecule has 1 aliphatic heterocycles. The maximum Gasteiger partial charge on any atom is 0.224 e. The first-order valence-corrected chi connectivity index (χ1v) is 6.02. The van der Waals surface area contributed by atoms with Crippen LogP contribution in [0.15, 0.2) is 12.1 Å². The molecule has 0 aromatic heterocycles. The normalized spacial score (nSPS) is 14.4. The molecule has 1 amide bonds. The minimum atomic E-state index is 0.0806. The number of carbonyl (C=O) groups is 1. The lowest BCUT2D eigenvalue weighted by molar-refractivity contribution is -0.116. The Morgan fingerprint density at radius 3 is 2.88 bits per heavy atom. The lowest BCUT2D eigenvalue weighted by Gasteiger charge is -2.20. The number of benzene rings is 1. The molecule has 1 aromatic carbocycles. The maximum atomic E-state index is 11.3. The summed E-state index contributed by atoms with van der Waals surface area (Å²) in [7, 11) is 0. The van der Waals surface area contributed by atoms with Crippen molar-refractivity contribution in [3.05, 3.63) is 17.7 Å². The van der Waals surface area contributed by atoms with Crippen molar-refractivity contribution in [2.45, 2.75) is 26.7 Å². The summed E-state index contributed by atoms with van der Waals surface area (Å²) in [4.78, 5) is 11.3. The highest BCUT2D eigenvalue weighted by Gasteiger charge is 2.16. The van der Waals surface area contributed by atoms with Crippen molar-refractivity contribution < 1.29 is 4.79 Å². The summed E-state index contributed by atoms with van der Waals surface area (Å²) in [5.74, 6) is 0.636. The first-order valence-electron chi connectivity index (χ1n) is 6.02. The molecule has 0 saturated carbocycles. The first kappa shape index (κ1) is 11.8. The Balaban J connectivity index is 2.23.